The second-order valence-corrected chi connectivity index (χ2v) is 3.96. The van der Waals surface area contributed by atoms with Crippen LogP contribution in [0, 0.1) is 5.82 Å². The van der Waals surface area contributed by atoms with Gasteiger partial charge in [-0.15, -0.1) is 12.4 Å². The van der Waals surface area contributed by atoms with Gasteiger partial charge >= 0.3 is 0 Å². The van der Waals surface area contributed by atoms with Crippen molar-refractivity contribution in [2.24, 2.45) is 0 Å². The molecule has 2 aromatic carbocycles. The molecule has 19 heavy (non-hydrogen) atoms. The summed E-state index contributed by atoms with van der Waals surface area (Å²) in [7, 11) is 0. The Bertz CT molecular complexity index is 697. The third-order valence-electron chi connectivity index (χ3n) is 2.86. The van der Waals surface area contributed by atoms with Crippen LogP contribution in [0.2, 0.25) is 0 Å². The fourth-order valence-electron chi connectivity index (χ4n) is 2.08. The van der Waals surface area contributed by atoms with Gasteiger partial charge in [0.05, 0.1) is 5.52 Å². The number of fused-ring (bicyclic) bond motifs is 1. The first kappa shape index (κ1) is 13.5. The number of aliphatic hydroxyl groups is 1. The van der Waals surface area contributed by atoms with Crippen molar-refractivity contribution in [2.75, 3.05) is 0 Å². The lowest BCUT2D eigenvalue weighted by Crippen LogP contribution is -2.00. The number of aromatic nitrogens is 2. The van der Waals surface area contributed by atoms with Crippen LogP contribution in [-0.2, 0) is 6.61 Å². The van der Waals surface area contributed by atoms with Gasteiger partial charge in [0.2, 0.25) is 0 Å². The zero-order chi connectivity index (χ0) is 12.5. The molecule has 0 bridgehead atoms. The van der Waals surface area contributed by atoms with Crippen LogP contribution in [0.3, 0.4) is 0 Å². The smallest absolute Gasteiger partial charge is 0.151 e. The normalized spacial score (nSPS) is 10.4. The fraction of sp³-hybridized carbons (Fsp3) is 0.0714. The Morgan fingerprint density at radius 3 is 2.47 bits per heavy atom. The minimum absolute atomic E-state index is 0. The number of benzene rings is 2. The third-order valence-corrected chi connectivity index (χ3v) is 2.86. The number of hydrogen-bond acceptors (Lipinski definition) is 2. The minimum Gasteiger partial charge on any atom is -0.388 e. The minimum atomic E-state index is -0.378. The molecule has 0 unspecified atom stereocenters. The molecule has 0 radical (unpaired) electrons. The molecule has 5 heteroatoms. The van der Waals surface area contributed by atoms with Gasteiger partial charge in [-0.05, 0) is 24.3 Å². The molecule has 1 N–H and O–H groups in total. The van der Waals surface area contributed by atoms with Crippen LogP contribution in [0.15, 0.2) is 48.5 Å². The third kappa shape index (κ3) is 2.20. The summed E-state index contributed by atoms with van der Waals surface area (Å²) in [5.41, 5.74) is 1.80. The number of para-hydroxylation sites is 2. The van der Waals surface area contributed by atoms with Gasteiger partial charge in [-0.3, -0.25) is 4.57 Å². The van der Waals surface area contributed by atoms with Crippen molar-refractivity contribution in [3.05, 3.63) is 60.2 Å². The lowest BCUT2D eigenvalue weighted by Gasteiger charge is -2.07. The second-order valence-electron chi connectivity index (χ2n) is 3.96. The van der Waals surface area contributed by atoms with Crippen molar-refractivity contribution in [3.63, 3.8) is 0 Å². The molecule has 1 heterocycles. The molecular weight excluding hydrogens is 267 g/mol. The molecule has 3 rings (SSSR count). The zero-order valence-electron chi connectivity index (χ0n) is 9.95. The van der Waals surface area contributed by atoms with Gasteiger partial charge in [0.15, 0.2) is 5.82 Å². The molecule has 0 fully saturated rings. The molecule has 0 saturated carbocycles. The van der Waals surface area contributed by atoms with E-state index < -0.39 is 0 Å². The van der Waals surface area contributed by atoms with E-state index in [9.17, 15) is 9.50 Å². The Labute approximate surface area is 115 Å². The molecule has 0 aliphatic heterocycles. The number of halogens is 2. The Kier molecular flexibility index (Phi) is 3.83. The number of imidazole rings is 1. The van der Waals surface area contributed by atoms with Gasteiger partial charge in [-0.2, -0.15) is 0 Å². The lowest BCUT2D eigenvalue weighted by molar-refractivity contribution is 0.270. The van der Waals surface area contributed by atoms with E-state index in [2.05, 4.69) is 4.98 Å². The van der Waals surface area contributed by atoms with Gasteiger partial charge in [-0.25, -0.2) is 9.37 Å². The first-order valence-corrected chi connectivity index (χ1v) is 5.63. The largest absolute Gasteiger partial charge is 0.388 e. The quantitative estimate of drug-likeness (QED) is 0.782. The maximum absolute atomic E-state index is 13.7. The lowest BCUT2D eigenvalue weighted by atomic mass is 10.2. The standard InChI is InChI=1S/C14H11FN2O.ClH/c15-11-7-4-8-12-14(11)16-13(9-18)17(12)10-5-2-1-3-6-10;/h1-8,18H,9H2;1H. The van der Waals surface area contributed by atoms with Crippen LogP contribution in [0.5, 0.6) is 0 Å². The SMILES string of the molecule is Cl.OCc1nc2c(F)cccc2n1-c1ccccc1. The van der Waals surface area contributed by atoms with Gasteiger partial charge in [0, 0.05) is 5.69 Å². The highest BCUT2D eigenvalue weighted by molar-refractivity contribution is 5.85. The van der Waals surface area contributed by atoms with Crippen LogP contribution in [0.1, 0.15) is 5.82 Å². The Balaban J connectivity index is 0.00000133. The van der Waals surface area contributed by atoms with Gasteiger partial charge < -0.3 is 5.11 Å². The fourth-order valence-corrected chi connectivity index (χ4v) is 2.08. The van der Waals surface area contributed by atoms with Crippen molar-refractivity contribution in [1.82, 2.24) is 9.55 Å². The number of rotatable bonds is 2. The van der Waals surface area contributed by atoms with Crippen LogP contribution in [-0.4, -0.2) is 14.7 Å². The average molecular weight is 279 g/mol. The summed E-state index contributed by atoms with van der Waals surface area (Å²) in [6.45, 7) is -0.233. The molecular formula is C14H12ClFN2O. The predicted octanol–water partition coefficient (Wildman–Crippen LogP) is 3.08. The highest BCUT2D eigenvalue weighted by atomic mass is 35.5. The predicted molar refractivity (Wildman–Crippen MR) is 74.2 cm³/mol. The molecule has 1 aromatic heterocycles. The van der Waals surface area contributed by atoms with E-state index in [-0.39, 0.29) is 30.3 Å². The monoisotopic (exact) mass is 278 g/mol. The summed E-state index contributed by atoms with van der Waals surface area (Å²) >= 11 is 0. The van der Waals surface area contributed by atoms with Crippen LogP contribution >= 0.6 is 12.4 Å². The van der Waals surface area contributed by atoms with E-state index >= 15 is 0 Å². The first-order valence-electron chi connectivity index (χ1n) is 5.63. The zero-order valence-corrected chi connectivity index (χ0v) is 10.8. The highest BCUT2D eigenvalue weighted by Crippen LogP contribution is 2.23. The van der Waals surface area contributed by atoms with E-state index in [0.29, 0.717) is 11.3 Å². The molecule has 98 valence electrons. The summed E-state index contributed by atoms with van der Waals surface area (Å²) in [5, 5.41) is 9.37. The van der Waals surface area contributed by atoms with Crippen LogP contribution in [0.4, 0.5) is 4.39 Å². The van der Waals surface area contributed by atoms with Crippen molar-refractivity contribution >= 4 is 23.4 Å². The molecule has 0 atom stereocenters. The van der Waals surface area contributed by atoms with Crippen LogP contribution < -0.4 is 0 Å². The van der Waals surface area contributed by atoms with Gasteiger partial charge in [-0.1, -0.05) is 24.3 Å². The van der Waals surface area contributed by atoms with E-state index in [1.165, 1.54) is 6.07 Å². The van der Waals surface area contributed by atoms with E-state index in [1.54, 1.807) is 16.7 Å². The van der Waals surface area contributed by atoms with Crippen molar-refractivity contribution in [2.45, 2.75) is 6.61 Å². The van der Waals surface area contributed by atoms with Gasteiger partial charge in [0.1, 0.15) is 17.9 Å². The first-order chi connectivity index (χ1) is 8.81. The number of nitrogens with zero attached hydrogens (tertiary/aromatic N) is 2. The molecule has 3 aromatic rings. The second kappa shape index (κ2) is 5.38. The Morgan fingerprint density at radius 1 is 1.05 bits per heavy atom. The number of aliphatic hydroxyl groups excluding tert-OH is 1. The van der Waals surface area contributed by atoms with Crippen molar-refractivity contribution in [1.29, 1.82) is 0 Å². The van der Waals surface area contributed by atoms with Crippen LogP contribution in [0.25, 0.3) is 16.7 Å². The van der Waals surface area contributed by atoms with E-state index in [1.807, 2.05) is 30.3 Å². The summed E-state index contributed by atoms with van der Waals surface area (Å²) in [6.07, 6.45) is 0. The maximum atomic E-state index is 13.7. The molecule has 0 spiro atoms. The topological polar surface area (TPSA) is 38.1 Å². The summed E-state index contributed by atoms with van der Waals surface area (Å²) in [6, 6.07) is 14.3. The summed E-state index contributed by atoms with van der Waals surface area (Å²) < 4.78 is 15.4. The Hall–Kier alpha value is -1.91. The van der Waals surface area contributed by atoms with E-state index in [4.69, 9.17) is 0 Å². The molecule has 0 amide bonds. The molecule has 0 saturated heterocycles. The molecule has 3 nitrogen and oxygen atoms in total. The molecule has 0 aliphatic rings. The Morgan fingerprint density at radius 2 is 1.79 bits per heavy atom. The van der Waals surface area contributed by atoms with E-state index in [0.717, 1.165) is 5.69 Å². The maximum Gasteiger partial charge on any atom is 0.151 e. The number of hydrogen-bond donors (Lipinski definition) is 1. The highest BCUT2D eigenvalue weighted by Gasteiger charge is 2.13. The van der Waals surface area contributed by atoms with Crippen molar-refractivity contribution < 1.29 is 9.50 Å². The summed E-state index contributed by atoms with van der Waals surface area (Å²) in [4.78, 5) is 4.15. The summed E-state index contributed by atoms with van der Waals surface area (Å²) in [5.74, 6) is 0.0539. The average Bonchev–Trinajstić information content (AvgIpc) is 2.80. The molecule has 0 aliphatic carbocycles. The van der Waals surface area contributed by atoms with Crippen molar-refractivity contribution in [3.8, 4) is 5.69 Å². The van der Waals surface area contributed by atoms with Gasteiger partial charge in [0.25, 0.3) is 0 Å².